The summed E-state index contributed by atoms with van der Waals surface area (Å²) < 4.78 is 5.47. The molecular formula is C20H28N6O. The first kappa shape index (κ1) is 18.0. The molecular weight excluding hydrogens is 340 g/mol. The van der Waals surface area contributed by atoms with Gasteiger partial charge in [0.05, 0.1) is 18.9 Å². The molecule has 2 aromatic heterocycles. The average Bonchev–Trinajstić information content (AvgIpc) is 2.68. The second-order valence-electron chi connectivity index (χ2n) is 7.50. The summed E-state index contributed by atoms with van der Waals surface area (Å²) in [4.78, 5) is 19.1. The van der Waals surface area contributed by atoms with Crippen molar-refractivity contribution in [1.82, 2.24) is 15.0 Å². The number of hydrogen-bond acceptors (Lipinski definition) is 7. The van der Waals surface area contributed by atoms with Crippen molar-refractivity contribution in [2.24, 2.45) is 0 Å². The van der Waals surface area contributed by atoms with E-state index in [2.05, 4.69) is 41.1 Å². The van der Waals surface area contributed by atoms with E-state index in [-0.39, 0.29) is 0 Å². The summed E-state index contributed by atoms with van der Waals surface area (Å²) in [6, 6.07) is 6.49. The molecule has 1 N–H and O–H groups in total. The Morgan fingerprint density at radius 1 is 1.04 bits per heavy atom. The van der Waals surface area contributed by atoms with Gasteiger partial charge in [0.2, 0.25) is 5.95 Å². The van der Waals surface area contributed by atoms with Gasteiger partial charge in [-0.2, -0.15) is 4.98 Å². The number of nitrogens with one attached hydrogen (secondary N) is 1. The predicted octanol–water partition coefficient (Wildman–Crippen LogP) is 2.40. The SMILES string of the molecule is Cc1cccc(N2CCc3nc(N4CCOCC4)nc(NC(C)C)c3C2)n1. The molecule has 2 aliphatic rings. The smallest absolute Gasteiger partial charge is 0.227 e. The minimum absolute atomic E-state index is 0.314. The number of nitrogens with zero attached hydrogens (tertiary/aromatic N) is 5. The second-order valence-corrected chi connectivity index (χ2v) is 7.50. The maximum Gasteiger partial charge on any atom is 0.227 e. The normalized spacial score (nSPS) is 17.2. The van der Waals surface area contributed by atoms with Crippen molar-refractivity contribution in [1.29, 1.82) is 0 Å². The van der Waals surface area contributed by atoms with E-state index < -0.39 is 0 Å². The molecule has 0 unspecified atom stereocenters. The second kappa shape index (κ2) is 7.68. The lowest BCUT2D eigenvalue weighted by Crippen LogP contribution is -2.39. The van der Waals surface area contributed by atoms with Crippen molar-refractivity contribution in [2.75, 3.05) is 48.0 Å². The molecule has 0 atom stereocenters. The van der Waals surface area contributed by atoms with Crippen LogP contribution < -0.4 is 15.1 Å². The minimum Gasteiger partial charge on any atom is -0.378 e. The fraction of sp³-hybridized carbons (Fsp3) is 0.550. The Morgan fingerprint density at radius 2 is 1.85 bits per heavy atom. The molecule has 2 aliphatic heterocycles. The van der Waals surface area contributed by atoms with E-state index in [1.165, 1.54) is 5.56 Å². The number of aromatic nitrogens is 3. The molecule has 0 aliphatic carbocycles. The van der Waals surface area contributed by atoms with E-state index in [4.69, 9.17) is 19.7 Å². The quantitative estimate of drug-likeness (QED) is 0.889. The standard InChI is InChI=1S/C20H28N6O/c1-14(2)21-19-16-13-26(18-6-4-5-15(3)22-18)8-7-17(16)23-20(24-19)25-9-11-27-12-10-25/h4-6,14H,7-13H2,1-3H3,(H,21,23,24). The van der Waals surface area contributed by atoms with Crippen LogP contribution in [0, 0.1) is 6.92 Å². The summed E-state index contributed by atoms with van der Waals surface area (Å²) >= 11 is 0. The number of fused-ring (bicyclic) bond motifs is 1. The third-order valence-electron chi connectivity index (χ3n) is 4.97. The molecule has 0 saturated carbocycles. The Morgan fingerprint density at radius 3 is 2.59 bits per heavy atom. The number of ether oxygens (including phenoxy) is 1. The van der Waals surface area contributed by atoms with Gasteiger partial charge in [-0.05, 0) is 32.9 Å². The van der Waals surface area contributed by atoms with Gasteiger partial charge in [0.1, 0.15) is 11.6 Å². The van der Waals surface area contributed by atoms with Gasteiger partial charge in [0.15, 0.2) is 0 Å². The van der Waals surface area contributed by atoms with Gasteiger partial charge >= 0.3 is 0 Å². The van der Waals surface area contributed by atoms with Crippen LogP contribution in [0.2, 0.25) is 0 Å². The number of morpholine rings is 1. The first-order chi connectivity index (χ1) is 13.1. The van der Waals surface area contributed by atoms with Gasteiger partial charge in [-0.1, -0.05) is 6.07 Å². The third-order valence-corrected chi connectivity index (χ3v) is 4.97. The molecule has 0 amide bonds. The minimum atomic E-state index is 0.314. The summed E-state index contributed by atoms with van der Waals surface area (Å²) in [6.07, 6.45) is 0.900. The molecule has 1 saturated heterocycles. The largest absolute Gasteiger partial charge is 0.378 e. The number of hydrogen-bond donors (Lipinski definition) is 1. The zero-order valence-corrected chi connectivity index (χ0v) is 16.4. The predicted molar refractivity (Wildman–Crippen MR) is 108 cm³/mol. The molecule has 1 fully saturated rings. The topological polar surface area (TPSA) is 66.4 Å². The lowest BCUT2D eigenvalue weighted by Gasteiger charge is -2.33. The molecule has 144 valence electrons. The number of aryl methyl sites for hydroxylation is 1. The van der Waals surface area contributed by atoms with Crippen molar-refractivity contribution in [3.63, 3.8) is 0 Å². The molecule has 4 rings (SSSR count). The molecule has 0 spiro atoms. The van der Waals surface area contributed by atoms with E-state index in [0.29, 0.717) is 6.04 Å². The fourth-order valence-corrected chi connectivity index (χ4v) is 3.60. The van der Waals surface area contributed by atoms with E-state index in [0.717, 1.165) is 74.8 Å². The van der Waals surface area contributed by atoms with Crippen LogP contribution >= 0.6 is 0 Å². The molecule has 7 heteroatoms. The Kier molecular flexibility index (Phi) is 5.11. The van der Waals surface area contributed by atoms with Crippen LogP contribution in [0.3, 0.4) is 0 Å². The first-order valence-corrected chi connectivity index (χ1v) is 9.78. The van der Waals surface area contributed by atoms with Crippen LogP contribution in [0.4, 0.5) is 17.6 Å². The zero-order valence-electron chi connectivity index (χ0n) is 16.4. The van der Waals surface area contributed by atoms with E-state index >= 15 is 0 Å². The lowest BCUT2D eigenvalue weighted by molar-refractivity contribution is 0.122. The van der Waals surface area contributed by atoms with Gasteiger partial charge in [-0.15, -0.1) is 0 Å². The zero-order chi connectivity index (χ0) is 18.8. The summed E-state index contributed by atoms with van der Waals surface area (Å²) in [5, 5.41) is 3.54. The molecule has 0 radical (unpaired) electrons. The Bertz CT molecular complexity index is 803. The highest BCUT2D eigenvalue weighted by molar-refractivity contribution is 5.56. The molecule has 0 aromatic carbocycles. The Hall–Kier alpha value is -2.41. The average molecular weight is 368 g/mol. The van der Waals surface area contributed by atoms with Crippen LogP contribution in [0.1, 0.15) is 30.8 Å². The van der Waals surface area contributed by atoms with Gasteiger partial charge in [0, 0.05) is 49.9 Å². The number of rotatable bonds is 4. The highest BCUT2D eigenvalue weighted by Crippen LogP contribution is 2.29. The van der Waals surface area contributed by atoms with Crippen molar-refractivity contribution in [3.8, 4) is 0 Å². The van der Waals surface area contributed by atoms with Crippen molar-refractivity contribution < 1.29 is 4.74 Å². The van der Waals surface area contributed by atoms with Gasteiger partial charge in [-0.25, -0.2) is 9.97 Å². The molecule has 27 heavy (non-hydrogen) atoms. The van der Waals surface area contributed by atoms with Crippen LogP contribution in [0.15, 0.2) is 18.2 Å². The molecule has 4 heterocycles. The van der Waals surface area contributed by atoms with Crippen molar-refractivity contribution >= 4 is 17.6 Å². The van der Waals surface area contributed by atoms with Crippen LogP contribution in [0.5, 0.6) is 0 Å². The Balaban J connectivity index is 1.66. The van der Waals surface area contributed by atoms with E-state index in [1.807, 2.05) is 13.0 Å². The maximum atomic E-state index is 5.47. The first-order valence-electron chi connectivity index (χ1n) is 9.78. The maximum absolute atomic E-state index is 5.47. The highest BCUT2D eigenvalue weighted by atomic mass is 16.5. The number of anilines is 3. The monoisotopic (exact) mass is 368 g/mol. The third kappa shape index (κ3) is 3.98. The van der Waals surface area contributed by atoms with Crippen LogP contribution in [0.25, 0.3) is 0 Å². The van der Waals surface area contributed by atoms with Crippen molar-refractivity contribution in [2.45, 2.75) is 39.8 Å². The summed E-state index contributed by atoms with van der Waals surface area (Å²) in [5.74, 6) is 2.80. The van der Waals surface area contributed by atoms with E-state index in [1.54, 1.807) is 0 Å². The van der Waals surface area contributed by atoms with Crippen LogP contribution in [-0.4, -0.2) is 53.8 Å². The van der Waals surface area contributed by atoms with Gasteiger partial charge in [0.25, 0.3) is 0 Å². The number of pyridine rings is 1. The van der Waals surface area contributed by atoms with E-state index in [9.17, 15) is 0 Å². The highest BCUT2D eigenvalue weighted by Gasteiger charge is 2.25. The van der Waals surface area contributed by atoms with Gasteiger partial charge < -0.3 is 19.9 Å². The summed E-state index contributed by atoms with van der Waals surface area (Å²) in [7, 11) is 0. The van der Waals surface area contributed by atoms with Crippen LogP contribution in [-0.2, 0) is 17.7 Å². The molecule has 7 nitrogen and oxygen atoms in total. The summed E-state index contributed by atoms with van der Waals surface area (Å²) in [6.45, 7) is 11.2. The van der Waals surface area contributed by atoms with Crippen molar-refractivity contribution in [3.05, 3.63) is 35.2 Å². The molecule has 0 bridgehead atoms. The summed E-state index contributed by atoms with van der Waals surface area (Å²) in [5.41, 5.74) is 3.38. The Labute approximate surface area is 160 Å². The fourth-order valence-electron chi connectivity index (χ4n) is 3.60. The van der Waals surface area contributed by atoms with Gasteiger partial charge in [-0.3, -0.25) is 0 Å². The molecule has 2 aromatic rings. The lowest BCUT2D eigenvalue weighted by atomic mass is 10.1.